The number of hydrogen-bond acceptors (Lipinski definition) is 2. The van der Waals surface area contributed by atoms with E-state index in [1.807, 2.05) is 54.6 Å². The molecule has 76 valence electrons. The molecular weight excluding hydrogens is 188 g/mol. The zero-order valence-electron chi connectivity index (χ0n) is 8.26. The summed E-state index contributed by atoms with van der Waals surface area (Å²) >= 11 is 0. The summed E-state index contributed by atoms with van der Waals surface area (Å²) in [6.07, 6.45) is 0. The van der Waals surface area contributed by atoms with Crippen LogP contribution in [0, 0.1) is 0 Å². The fraction of sp³-hybridized carbons (Fsp3) is 0.0769. The van der Waals surface area contributed by atoms with Gasteiger partial charge in [-0.05, 0) is 29.8 Å². The molecular formula is C13H12O2. The first-order valence-electron chi connectivity index (χ1n) is 4.81. The first-order valence-corrected chi connectivity index (χ1v) is 4.81. The SMILES string of the molecule is OCc1ccc(Oc2ccccc2)cc1. The molecule has 0 fully saturated rings. The van der Waals surface area contributed by atoms with Gasteiger partial charge in [0.15, 0.2) is 0 Å². The van der Waals surface area contributed by atoms with Crippen LogP contribution in [-0.2, 0) is 6.61 Å². The monoisotopic (exact) mass is 200 g/mol. The summed E-state index contributed by atoms with van der Waals surface area (Å²) in [4.78, 5) is 0. The van der Waals surface area contributed by atoms with Crippen molar-refractivity contribution in [1.82, 2.24) is 0 Å². The average molecular weight is 200 g/mol. The number of hydrogen-bond donors (Lipinski definition) is 1. The van der Waals surface area contributed by atoms with E-state index < -0.39 is 0 Å². The molecule has 15 heavy (non-hydrogen) atoms. The van der Waals surface area contributed by atoms with Gasteiger partial charge in [0.1, 0.15) is 11.5 Å². The van der Waals surface area contributed by atoms with Crippen LogP contribution in [-0.4, -0.2) is 5.11 Å². The maximum Gasteiger partial charge on any atom is 0.127 e. The Hall–Kier alpha value is -1.80. The molecule has 2 rings (SSSR count). The molecule has 2 heteroatoms. The van der Waals surface area contributed by atoms with E-state index in [-0.39, 0.29) is 6.61 Å². The van der Waals surface area contributed by atoms with Crippen molar-refractivity contribution >= 4 is 0 Å². The van der Waals surface area contributed by atoms with Crippen molar-refractivity contribution in [3.63, 3.8) is 0 Å². The van der Waals surface area contributed by atoms with Gasteiger partial charge in [-0.15, -0.1) is 0 Å². The van der Waals surface area contributed by atoms with Gasteiger partial charge in [-0.1, -0.05) is 30.3 Å². The van der Waals surface area contributed by atoms with E-state index in [4.69, 9.17) is 9.84 Å². The summed E-state index contributed by atoms with van der Waals surface area (Å²) in [6, 6.07) is 17.0. The predicted molar refractivity (Wildman–Crippen MR) is 58.9 cm³/mol. The van der Waals surface area contributed by atoms with Gasteiger partial charge in [0.2, 0.25) is 0 Å². The van der Waals surface area contributed by atoms with Gasteiger partial charge >= 0.3 is 0 Å². The summed E-state index contributed by atoms with van der Waals surface area (Å²) in [5, 5.41) is 8.88. The number of ether oxygens (including phenoxy) is 1. The third kappa shape index (κ3) is 2.58. The van der Waals surface area contributed by atoms with Crippen LogP contribution in [0.5, 0.6) is 11.5 Å². The molecule has 2 nitrogen and oxygen atoms in total. The third-order valence-electron chi connectivity index (χ3n) is 2.08. The highest BCUT2D eigenvalue weighted by atomic mass is 16.5. The van der Waals surface area contributed by atoms with Gasteiger partial charge in [0.05, 0.1) is 6.61 Å². The molecule has 0 bridgehead atoms. The first-order chi connectivity index (χ1) is 7.38. The number of para-hydroxylation sites is 1. The molecule has 0 radical (unpaired) electrons. The van der Waals surface area contributed by atoms with Crippen molar-refractivity contribution in [2.24, 2.45) is 0 Å². The normalized spacial score (nSPS) is 9.93. The van der Waals surface area contributed by atoms with Crippen LogP contribution in [0.3, 0.4) is 0 Å². The van der Waals surface area contributed by atoms with Crippen LogP contribution in [0.2, 0.25) is 0 Å². The van der Waals surface area contributed by atoms with Crippen molar-refractivity contribution in [2.75, 3.05) is 0 Å². The minimum Gasteiger partial charge on any atom is -0.457 e. The Morgan fingerprint density at radius 3 is 2.00 bits per heavy atom. The Morgan fingerprint density at radius 1 is 0.800 bits per heavy atom. The second-order valence-corrected chi connectivity index (χ2v) is 3.22. The van der Waals surface area contributed by atoms with Crippen LogP contribution in [0.1, 0.15) is 5.56 Å². The van der Waals surface area contributed by atoms with Crippen molar-refractivity contribution in [1.29, 1.82) is 0 Å². The number of rotatable bonds is 3. The largest absolute Gasteiger partial charge is 0.457 e. The minimum absolute atomic E-state index is 0.0611. The highest BCUT2D eigenvalue weighted by Gasteiger charge is 1.96. The summed E-state index contributed by atoms with van der Waals surface area (Å²) in [6.45, 7) is 0.0611. The van der Waals surface area contributed by atoms with Gasteiger partial charge in [-0.3, -0.25) is 0 Å². The second-order valence-electron chi connectivity index (χ2n) is 3.22. The lowest BCUT2D eigenvalue weighted by atomic mass is 10.2. The third-order valence-corrected chi connectivity index (χ3v) is 2.08. The molecule has 0 atom stereocenters. The van der Waals surface area contributed by atoms with Crippen LogP contribution >= 0.6 is 0 Å². The topological polar surface area (TPSA) is 29.5 Å². The smallest absolute Gasteiger partial charge is 0.127 e. The molecule has 0 aliphatic rings. The van der Waals surface area contributed by atoms with E-state index in [2.05, 4.69) is 0 Å². The van der Waals surface area contributed by atoms with Crippen molar-refractivity contribution < 1.29 is 9.84 Å². The summed E-state index contributed by atoms with van der Waals surface area (Å²) in [5.41, 5.74) is 0.885. The lowest BCUT2D eigenvalue weighted by Gasteiger charge is -2.05. The molecule has 0 spiro atoms. The predicted octanol–water partition coefficient (Wildman–Crippen LogP) is 2.97. The molecule has 2 aromatic rings. The van der Waals surface area contributed by atoms with Crippen LogP contribution < -0.4 is 4.74 Å². The lowest BCUT2D eigenvalue weighted by Crippen LogP contribution is -1.85. The van der Waals surface area contributed by atoms with Gasteiger partial charge in [-0.25, -0.2) is 0 Å². The highest BCUT2D eigenvalue weighted by molar-refractivity contribution is 5.32. The lowest BCUT2D eigenvalue weighted by molar-refractivity contribution is 0.281. The maximum absolute atomic E-state index is 8.88. The van der Waals surface area contributed by atoms with E-state index in [1.165, 1.54) is 0 Å². The van der Waals surface area contributed by atoms with Gasteiger partial charge in [0.25, 0.3) is 0 Å². The molecule has 0 saturated heterocycles. The first kappa shape index (κ1) is 9.74. The number of aliphatic hydroxyl groups is 1. The average Bonchev–Trinajstić information content (AvgIpc) is 2.31. The van der Waals surface area contributed by atoms with E-state index in [0.29, 0.717) is 0 Å². The Kier molecular flexibility index (Phi) is 3.00. The van der Waals surface area contributed by atoms with E-state index in [1.54, 1.807) is 0 Å². The van der Waals surface area contributed by atoms with Crippen LogP contribution in [0.15, 0.2) is 54.6 Å². The summed E-state index contributed by atoms with van der Waals surface area (Å²) in [5.74, 6) is 1.59. The van der Waals surface area contributed by atoms with Crippen molar-refractivity contribution in [3.05, 3.63) is 60.2 Å². The standard InChI is InChI=1S/C13H12O2/c14-10-11-6-8-13(9-7-11)15-12-4-2-1-3-5-12/h1-9,14H,10H2. The molecule has 0 heterocycles. The van der Waals surface area contributed by atoms with Crippen LogP contribution in [0.4, 0.5) is 0 Å². The van der Waals surface area contributed by atoms with Gasteiger partial charge in [-0.2, -0.15) is 0 Å². The van der Waals surface area contributed by atoms with Crippen LogP contribution in [0.25, 0.3) is 0 Å². The fourth-order valence-electron chi connectivity index (χ4n) is 1.29. The fourth-order valence-corrected chi connectivity index (χ4v) is 1.29. The molecule has 0 aliphatic carbocycles. The highest BCUT2D eigenvalue weighted by Crippen LogP contribution is 2.20. The molecule has 2 aromatic carbocycles. The van der Waals surface area contributed by atoms with E-state index in [9.17, 15) is 0 Å². The van der Waals surface area contributed by atoms with Gasteiger partial charge < -0.3 is 9.84 Å². The van der Waals surface area contributed by atoms with E-state index >= 15 is 0 Å². The second kappa shape index (κ2) is 4.62. The molecule has 0 aromatic heterocycles. The van der Waals surface area contributed by atoms with Crippen molar-refractivity contribution in [2.45, 2.75) is 6.61 Å². The summed E-state index contributed by atoms with van der Waals surface area (Å²) in [7, 11) is 0. The molecule has 1 N–H and O–H groups in total. The Morgan fingerprint density at radius 2 is 1.40 bits per heavy atom. The van der Waals surface area contributed by atoms with Gasteiger partial charge in [0, 0.05) is 0 Å². The van der Waals surface area contributed by atoms with E-state index in [0.717, 1.165) is 17.1 Å². The zero-order chi connectivity index (χ0) is 10.5. The summed E-state index contributed by atoms with van der Waals surface area (Å²) < 4.78 is 5.60. The Labute approximate surface area is 88.8 Å². The molecule has 0 amide bonds. The number of aliphatic hydroxyl groups excluding tert-OH is 1. The Bertz CT molecular complexity index is 406. The molecule has 0 saturated carbocycles. The quantitative estimate of drug-likeness (QED) is 0.825. The Balaban J connectivity index is 2.11. The molecule has 0 aliphatic heterocycles. The maximum atomic E-state index is 8.88. The number of benzene rings is 2. The zero-order valence-corrected chi connectivity index (χ0v) is 8.26. The molecule has 0 unspecified atom stereocenters. The van der Waals surface area contributed by atoms with Crippen molar-refractivity contribution in [3.8, 4) is 11.5 Å². The minimum atomic E-state index is 0.0611.